The van der Waals surface area contributed by atoms with Crippen LogP contribution in [0.25, 0.3) is 0 Å². The second kappa shape index (κ2) is 11.1. The van der Waals surface area contributed by atoms with E-state index in [9.17, 15) is 23.1 Å². The fourth-order valence-corrected chi connectivity index (χ4v) is 4.54. The third-order valence-electron chi connectivity index (χ3n) is 5.11. The molecule has 0 radical (unpaired) electrons. The van der Waals surface area contributed by atoms with Gasteiger partial charge in [-0.3, -0.25) is 14.5 Å². The second-order valence-electron chi connectivity index (χ2n) is 7.46. The Bertz CT molecular complexity index is 1010. The average Bonchev–Trinajstić information content (AvgIpc) is 3.31. The third kappa shape index (κ3) is 6.78. The number of hydrogen-bond donors (Lipinski definition) is 3. The van der Waals surface area contributed by atoms with E-state index in [0.29, 0.717) is 17.9 Å². The van der Waals surface area contributed by atoms with Gasteiger partial charge in [-0.15, -0.1) is 0 Å². The third-order valence-corrected chi connectivity index (χ3v) is 6.59. The monoisotopic (exact) mass is 461 g/mol. The van der Waals surface area contributed by atoms with Crippen LogP contribution in [0.4, 0.5) is 0 Å². The van der Waals surface area contributed by atoms with Crippen LogP contribution in [-0.4, -0.2) is 69.1 Å². The molecule has 0 aromatic heterocycles. The van der Waals surface area contributed by atoms with Crippen molar-refractivity contribution >= 4 is 21.9 Å². The molecule has 32 heavy (non-hydrogen) atoms. The molecule has 1 aliphatic rings. The molecule has 1 fully saturated rings. The summed E-state index contributed by atoms with van der Waals surface area (Å²) in [6.45, 7) is 3.21. The Balaban J connectivity index is 1.50. The molecule has 0 saturated carbocycles. The highest BCUT2D eigenvalue weighted by Gasteiger charge is 2.26. The van der Waals surface area contributed by atoms with Crippen molar-refractivity contribution < 1.29 is 27.9 Å². The summed E-state index contributed by atoms with van der Waals surface area (Å²) in [5.74, 6) is -1.27. The smallest absolute Gasteiger partial charge is 0.323 e. The van der Waals surface area contributed by atoms with Crippen LogP contribution in [0, 0.1) is 0 Å². The molecule has 1 amide bonds. The van der Waals surface area contributed by atoms with Crippen LogP contribution < -0.4 is 14.8 Å². The summed E-state index contributed by atoms with van der Waals surface area (Å²) >= 11 is 0. The highest BCUT2D eigenvalue weighted by molar-refractivity contribution is 7.89. The minimum absolute atomic E-state index is 0.0575. The summed E-state index contributed by atoms with van der Waals surface area (Å²) in [6, 6.07) is 12.4. The standard InChI is InChI=1S/C22H27N3O6S/c26-21(17-8-10-18(11-9-17)31-15-14-25-12-4-5-13-25)23-16-20(22(27)28)24-32(29,30)19-6-2-1-3-7-19/h1-3,6-11,20,24H,4-5,12-16H2,(H,23,26)(H,27,28)/t20-/m0/s1. The van der Waals surface area contributed by atoms with Gasteiger partial charge in [-0.25, -0.2) is 8.42 Å². The van der Waals surface area contributed by atoms with E-state index in [1.807, 2.05) is 0 Å². The van der Waals surface area contributed by atoms with Gasteiger partial charge in [0.1, 0.15) is 18.4 Å². The molecule has 10 heteroatoms. The summed E-state index contributed by atoms with van der Waals surface area (Å²) in [5.41, 5.74) is 0.312. The van der Waals surface area contributed by atoms with E-state index in [0.717, 1.165) is 19.6 Å². The molecule has 0 spiro atoms. The molecule has 1 heterocycles. The molecule has 3 N–H and O–H groups in total. The molecule has 9 nitrogen and oxygen atoms in total. The van der Waals surface area contributed by atoms with Gasteiger partial charge in [-0.05, 0) is 62.3 Å². The number of ether oxygens (including phenoxy) is 1. The second-order valence-corrected chi connectivity index (χ2v) is 9.17. The lowest BCUT2D eigenvalue weighted by Gasteiger charge is -2.16. The first-order valence-corrected chi connectivity index (χ1v) is 11.9. The van der Waals surface area contributed by atoms with Crippen LogP contribution in [0.1, 0.15) is 23.2 Å². The van der Waals surface area contributed by atoms with Crippen molar-refractivity contribution in [1.29, 1.82) is 0 Å². The Morgan fingerprint density at radius 3 is 2.31 bits per heavy atom. The van der Waals surface area contributed by atoms with Gasteiger partial charge in [-0.1, -0.05) is 18.2 Å². The molecule has 2 aromatic rings. The molecule has 1 aliphatic heterocycles. The van der Waals surface area contributed by atoms with E-state index in [1.54, 1.807) is 30.3 Å². The predicted molar refractivity (Wildman–Crippen MR) is 118 cm³/mol. The van der Waals surface area contributed by atoms with Crippen LogP contribution in [-0.2, 0) is 14.8 Å². The lowest BCUT2D eigenvalue weighted by Crippen LogP contribution is -2.48. The van der Waals surface area contributed by atoms with Crippen molar-refractivity contribution in [2.45, 2.75) is 23.8 Å². The first-order chi connectivity index (χ1) is 15.3. The van der Waals surface area contributed by atoms with E-state index in [2.05, 4.69) is 14.9 Å². The number of nitrogens with zero attached hydrogens (tertiary/aromatic N) is 1. The number of carboxylic acids is 1. The molecule has 3 rings (SSSR count). The van der Waals surface area contributed by atoms with E-state index in [-0.39, 0.29) is 4.90 Å². The van der Waals surface area contributed by atoms with Gasteiger partial charge in [0, 0.05) is 18.7 Å². The molecular weight excluding hydrogens is 434 g/mol. The number of benzene rings is 2. The summed E-state index contributed by atoms with van der Waals surface area (Å²) < 4.78 is 32.5. The largest absolute Gasteiger partial charge is 0.492 e. The molecule has 1 atom stereocenters. The van der Waals surface area contributed by atoms with Gasteiger partial charge in [-0.2, -0.15) is 4.72 Å². The maximum atomic E-state index is 12.4. The van der Waals surface area contributed by atoms with Crippen LogP contribution in [0.2, 0.25) is 0 Å². The summed E-state index contributed by atoms with van der Waals surface area (Å²) in [7, 11) is -4.04. The number of carbonyl (C=O) groups excluding carboxylic acids is 1. The Labute approximate surface area is 187 Å². The van der Waals surface area contributed by atoms with Crippen molar-refractivity contribution in [3.63, 3.8) is 0 Å². The molecule has 0 unspecified atom stereocenters. The number of carbonyl (C=O) groups is 2. The number of aliphatic carboxylic acids is 1. The number of nitrogens with one attached hydrogen (secondary N) is 2. The molecule has 172 valence electrons. The first-order valence-electron chi connectivity index (χ1n) is 10.4. The van der Waals surface area contributed by atoms with Crippen molar-refractivity contribution in [3.05, 3.63) is 60.2 Å². The Hall–Kier alpha value is -2.95. The topological polar surface area (TPSA) is 125 Å². The number of likely N-dealkylation sites (tertiary alicyclic amines) is 1. The molecule has 1 saturated heterocycles. The number of rotatable bonds is 11. The van der Waals surface area contributed by atoms with Gasteiger partial charge in [0.2, 0.25) is 10.0 Å². The van der Waals surface area contributed by atoms with Crippen LogP contribution in [0.15, 0.2) is 59.5 Å². The van der Waals surface area contributed by atoms with Gasteiger partial charge in [0.15, 0.2) is 0 Å². The van der Waals surface area contributed by atoms with Gasteiger partial charge >= 0.3 is 5.97 Å². The van der Waals surface area contributed by atoms with Crippen molar-refractivity contribution in [2.75, 3.05) is 32.8 Å². The maximum absolute atomic E-state index is 12.4. The molecule has 0 aliphatic carbocycles. The number of hydrogen-bond acceptors (Lipinski definition) is 6. The minimum atomic E-state index is -4.04. The number of sulfonamides is 1. The Kier molecular flexibility index (Phi) is 8.20. The number of amides is 1. The van der Waals surface area contributed by atoms with Crippen molar-refractivity contribution in [3.8, 4) is 5.75 Å². The fraction of sp³-hybridized carbons (Fsp3) is 0.364. The zero-order valence-electron chi connectivity index (χ0n) is 17.6. The van der Waals surface area contributed by atoms with Gasteiger partial charge < -0.3 is 15.2 Å². The lowest BCUT2D eigenvalue weighted by molar-refractivity contribution is -0.138. The fourth-order valence-electron chi connectivity index (χ4n) is 3.33. The molecule has 2 aromatic carbocycles. The van der Waals surface area contributed by atoms with Crippen LogP contribution in [0.3, 0.4) is 0 Å². The predicted octanol–water partition coefficient (Wildman–Crippen LogP) is 1.32. The van der Waals surface area contributed by atoms with Crippen LogP contribution in [0.5, 0.6) is 5.75 Å². The highest BCUT2D eigenvalue weighted by Crippen LogP contribution is 2.13. The van der Waals surface area contributed by atoms with E-state index in [4.69, 9.17) is 4.74 Å². The summed E-state index contributed by atoms with van der Waals surface area (Å²) in [4.78, 5) is 26.2. The summed E-state index contributed by atoms with van der Waals surface area (Å²) in [5, 5.41) is 11.8. The zero-order chi connectivity index (χ0) is 23.0. The molecule has 0 bridgehead atoms. The Morgan fingerprint density at radius 1 is 1.03 bits per heavy atom. The zero-order valence-corrected chi connectivity index (χ0v) is 18.4. The first kappa shape index (κ1) is 23.7. The average molecular weight is 462 g/mol. The lowest BCUT2D eigenvalue weighted by atomic mass is 10.2. The van der Waals surface area contributed by atoms with Gasteiger partial charge in [0.05, 0.1) is 4.90 Å². The Morgan fingerprint density at radius 2 is 1.69 bits per heavy atom. The van der Waals surface area contributed by atoms with Gasteiger partial charge in [0.25, 0.3) is 5.91 Å². The van der Waals surface area contributed by atoms with E-state index in [1.165, 1.54) is 37.1 Å². The molecular formula is C22H27N3O6S. The SMILES string of the molecule is O=C(NC[C@H](NS(=O)(=O)c1ccccc1)C(=O)O)c1ccc(OCCN2CCCC2)cc1. The van der Waals surface area contributed by atoms with Crippen LogP contribution >= 0.6 is 0 Å². The quantitative estimate of drug-likeness (QED) is 0.461. The van der Waals surface area contributed by atoms with Crippen molar-refractivity contribution in [1.82, 2.24) is 14.9 Å². The van der Waals surface area contributed by atoms with Crippen molar-refractivity contribution in [2.24, 2.45) is 0 Å². The maximum Gasteiger partial charge on any atom is 0.323 e. The minimum Gasteiger partial charge on any atom is -0.492 e. The van der Waals surface area contributed by atoms with E-state index >= 15 is 0 Å². The highest BCUT2D eigenvalue weighted by atomic mass is 32.2. The van der Waals surface area contributed by atoms with E-state index < -0.39 is 34.5 Å². The number of carboxylic acid groups (broad SMARTS) is 1. The summed E-state index contributed by atoms with van der Waals surface area (Å²) in [6.07, 6.45) is 2.44. The normalized spacial score (nSPS) is 15.2.